The van der Waals surface area contributed by atoms with Crippen LogP contribution in [0.5, 0.6) is 0 Å². The van der Waals surface area contributed by atoms with Crippen molar-refractivity contribution in [2.75, 3.05) is 0 Å². The molecule has 0 unspecified atom stereocenters. The van der Waals surface area contributed by atoms with Gasteiger partial charge in [-0.3, -0.25) is 9.59 Å². The van der Waals surface area contributed by atoms with Gasteiger partial charge in [0, 0.05) is 22.8 Å². The van der Waals surface area contributed by atoms with Gasteiger partial charge in [-0.15, -0.1) is 0 Å². The number of para-hydroxylation sites is 1. The molecule has 1 atom stereocenters. The van der Waals surface area contributed by atoms with Crippen LogP contribution in [0.15, 0.2) is 89.9 Å². The molecule has 5 rings (SSSR count). The summed E-state index contributed by atoms with van der Waals surface area (Å²) in [6.07, 6.45) is 1.70. The molecule has 0 saturated carbocycles. The van der Waals surface area contributed by atoms with Crippen LogP contribution in [0.3, 0.4) is 0 Å². The molecule has 0 aliphatic carbocycles. The smallest absolute Gasteiger partial charge is 0.291 e. The Balaban J connectivity index is 1.53. The second-order valence-electron chi connectivity index (χ2n) is 8.60. The first kappa shape index (κ1) is 21.6. The third kappa shape index (κ3) is 3.99. The molecule has 1 N–H and O–H groups in total. The van der Waals surface area contributed by atoms with Crippen molar-refractivity contribution >= 4 is 27.7 Å². The van der Waals surface area contributed by atoms with Crippen molar-refractivity contribution in [1.29, 1.82) is 0 Å². The highest BCUT2D eigenvalue weighted by molar-refractivity contribution is 6.07. The summed E-state index contributed by atoms with van der Waals surface area (Å²) in [5.74, 6) is -0.258. The summed E-state index contributed by atoms with van der Waals surface area (Å²) in [6, 6.07) is 25.7. The molecule has 170 valence electrons. The minimum atomic E-state index is -0.273. The van der Waals surface area contributed by atoms with Crippen molar-refractivity contribution in [1.82, 2.24) is 19.7 Å². The Kier molecular flexibility index (Phi) is 5.72. The number of aryl methyl sites for hydroxylation is 1. The van der Waals surface area contributed by atoms with Crippen LogP contribution in [0.25, 0.3) is 21.8 Å². The van der Waals surface area contributed by atoms with E-state index in [0.29, 0.717) is 12.1 Å². The van der Waals surface area contributed by atoms with E-state index in [1.807, 2.05) is 78.2 Å². The van der Waals surface area contributed by atoms with Crippen molar-refractivity contribution in [2.45, 2.75) is 33.0 Å². The van der Waals surface area contributed by atoms with E-state index >= 15 is 0 Å². The lowest BCUT2D eigenvalue weighted by molar-refractivity contribution is -0.122. The number of benzene rings is 3. The van der Waals surface area contributed by atoms with Crippen LogP contribution in [-0.2, 0) is 17.9 Å². The van der Waals surface area contributed by atoms with Gasteiger partial charge in [0.05, 0.1) is 12.2 Å². The average molecular weight is 451 g/mol. The average Bonchev–Trinajstić information content (AvgIpc) is 3.17. The molecule has 5 aromatic rings. The summed E-state index contributed by atoms with van der Waals surface area (Å²) < 4.78 is 3.29. The SMILES string of the molecule is Cc1ccccc1Cn1c2ccccc2c2cnn(CC(=O)N[C@H](C)c3ccccc3)c(=O)c21. The summed E-state index contributed by atoms with van der Waals surface area (Å²) >= 11 is 0. The van der Waals surface area contributed by atoms with E-state index in [1.54, 1.807) is 6.20 Å². The number of hydrogen-bond donors (Lipinski definition) is 1. The van der Waals surface area contributed by atoms with Gasteiger partial charge in [-0.2, -0.15) is 5.10 Å². The number of nitrogens with zero attached hydrogens (tertiary/aromatic N) is 3. The third-order valence-electron chi connectivity index (χ3n) is 6.33. The molecule has 0 aliphatic rings. The zero-order chi connectivity index (χ0) is 23.7. The molecule has 0 bridgehead atoms. The van der Waals surface area contributed by atoms with Gasteiger partial charge in [0.15, 0.2) is 0 Å². The van der Waals surface area contributed by atoms with Gasteiger partial charge in [-0.1, -0.05) is 72.8 Å². The molecule has 2 aromatic heterocycles. The van der Waals surface area contributed by atoms with Crippen LogP contribution in [0.4, 0.5) is 0 Å². The van der Waals surface area contributed by atoms with Crippen LogP contribution >= 0.6 is 0 Å². The second-order valence-corrected chi connectivity index (χ2v) is 8.60. The lowest BCUT2D eigenvalue weighted by Gasteiger charge is -2.15. The summed E-state index contributed by atoms with van der Waals surface area (Å²) in [5, 5.41) is 9.08. The highest BCUT2D eigenvalue weighted by Crippen LogP contribution is 2.27. The number of hydrogen-bond acceptors (Lipinski definition) is 3. The molecule has 34 heavy (non-hydrogen) atoms. The number of amides is 1. The Labute approximate surface area is 197 Å². The normalized spacial score (nSPS) is 12.2. The molecular weight excluding hydrogens is 424 g/mol. The summed E-state index contributed by atoms with van der Waals surface area (Å²) in [5.41, 5.74) is 4.57. The standard InChI is InChI=1S/C28H26N4O2/c1-19-10-6-7-13-22(19)17-31-25-15-9-8-14-23(25)24-16-29-32(28(34)27(24)31)18-26(33)30-20(2)21-11-4-3-5-12-21/h3-16,20H,17-18H2,1-2H3,(H,30,33)/t20-/m1/s1. The van der Waals surface area contributed by atoms with E-state index in [0.717, 1.165) is 33.0 Å². The molecular formula is C28H26N4O2. The van der Waals surface area contributed by atoms with Crippen molar-refractivity contribution in [3.63, 3.8) is 0 Å². The molecule has 0 spiro atoms. The molecule has 6 nitrogen and oxygen atoms in total. The maximum absolute atomic E-state index is 13.6. The van der Waals surface area contributed by atoms with E-state index in [2.05, 4.69) is 29.5 Å². The fraction of sp³-hybridized carbons (Fsp3) is 0.179. The number of rotatable bonds is 6. The van der Waals surface area contributed by atoms with Gasteiger partial charge in [-0.25, -0.2) is 4.68 Å². The second kappa shape index (κ2) is 8.98. The molecule has 0 radical (unpaired) electrons. The number of fused-ring (bicyclic) bond motifs is 3. The van der Waals surface area contributed by atoms with E-state index in [1.165, 1.54) is 4.68 Å². The van der Waals surface area contributed by atoms with Crippen molar-refractivity contribution in [3.05, 3.63) is 112 Å². The fourth-order valence-corrected chi connectivity index (χ4v) is 4.48. The Morgan fingerprint density at radius 2 is 1.65 bits per heavy atom. The quantitative estimate of drug-likeness (QED) is 0.412. The topological polar surface area (TPSA) is 68.9 Å². The predicted molar refractivity (Wildman–Crippen MR) is 135 cm³/mol. The molecule has 0 fully saturated rings. The van der Waals surface area contributed by atoms with Crippen LogP contribution in [0.2, 0.25) is 0 Å². The summed E-state index contributed by atoms with van der Waals surface area (Å²) in [7, 11) is 0. The Morgan fingerprint density at radius 3 is 2.44 bits per heavy atom. The monoisotopic (exact) mass is 450 g/mol. The van der Waals surface area contributed by atoms with Crippen molar-refractivity contribution in [2.24, 2.45) is 0 Å². The number of aromatic nitrogens is 3. The molecule has 0 saturated heterocycles. The number of carbonyl (C=O) groups is 1. The Morgan fingerprint density at radius 1 is 0.941 bits per heavy atom. The van der Waals surface area contributed by atoms with Crippen LogP contribution in [0.1, 0.15) is 29.7 Å². The fourth-order valence-electron chi connectivity index (χ4n) is 4.48. The highest BCUT2D eigenvalue weighted by atomic mass is 16.2. The minimum Gasteiger partial charge on any atom is -0.348 e. The molecule has 1 amide bonds. The molecule has 3 aromatic carbocycles. The van der Waals surface area contributed by atoms with Crippen molar-refractivity contribution < 1.29 is 4.79 Å². The van der Waals surface area contributed by atoms with Gasteiger partial charge >= 0.3 is 0 Å². The third-order valence-corrected chi connectivity index (χ3v) is 6.33. The summed E-state index contributed by atoms with van der Waals surface area (Å²) in [6.45, 7) is 4.42. The van der Waals surface area contributed by atoms with E-state index in [-0.39, 0.29) is 24.1 Å². The van der Waals surface area contributed by atoms with Crippen molar-refractivity contribution in [3.8, 4) is 0 Å². The lowest BCUT2D eigenvalue weighted by atomic mass is 10.1. The zero-order valence-electron chi connectivity index (χ0n) is 19.2. The maximum atomic E-state index is 13.6. The van der Waals surface area contributed by atoms with Gasteiger partial charge in [-0.05, 0) is 36.6 Å². The van der Waals surface area contributed by atoms with Crippen LogP contribution < -0.4 is 10.9 Å². The number of carbonyl (C=O) groups excluding carboxylic acids is 1. The van der Waals surface area contributed by atoms with Gasteiger partial charge in [0.2, 0.25) is 5.91 Å². The minimum absolute atomic E-state index is 0.141. The highest BCUT2D eigenvalue weighted by Gasteiger charge is 2.18. The van der Waals surface area contributed by atoms with Gasteiger partial charge in [0.1, 0.15) is 12.1 Å². The first-order chi connectivity index (χ1) is 16.5. The van der Waals surface area contributed by atoms with E-state index < -0.39 is 0 Å². The lowest BCUT2D eigenvalue weighted by Crippen LogP contribution is -2.35. The van der Waals surface area contributed by atoms with Crippen LogP contribution in [-0.4, -0.2) is 20.3 Å². The van der Waals surface area contributed by atoms with Gasteiger partial charge in [0.25, 0.3) is 5.56 Å². The zero-order valence-corrected chi connectivity index (χ0v) is 19.2. The summed E-state index contributed by atoms with van der Waals surface area (Å²) in [4.78, 5) is 26.3. The molecule has 0 aliphatic heterocycles. The molecule has 2 heterocycles. The van der Waals surface area contributed by atoms with E-state index in [9.17, 15) is 9.59 Å². The van der Waals surface area contributed by atoms with Crippen LogP contribution in [0, 0.1) is 6.92 Å². The van der Waals surface area contributed by atoms with Gasteiger partial charge < -0.3 is 9.88 Å². The predicted octanol–water partition coefficient (Wildman–Crippen LogP) is 4.59. The van der Waals surface area contributed by atoms with E-state index in [4.69, 9.17) is 0 Å². The molecule has 6 heteroatoms. The Bertz CT molecular complexity index is 1550. The maximum Gasteiger partial charge on any atom is 0.291 e. The number of nitrogens with one attached hydrogen (secondary N) is 1. The largest absolute Gasteiger partial charge is 0.348 e. The first-order valence-electron chi connectivity index (χ1n) is 11.4. The Hall–Kier alpha value is -4.19. The first-order valence-corrected chi connectivity index (χ1v) is 11.4.